The van der Waals surface area contributed by atoms with Crippen LogP contribution in [0.25, 0.3) is 16.5 Å². The van der Waals surface area contributed by atoms with E-state index in [1.54, 1.807) is 21.3 Å². The van der Waals surface area contributed by atoms with Crippen LogP contribution in [0.5, 0.6) is 17.2 Å². The second-order valence-electron chi connectivity index (χ2n) is 6.20. The Bertz CT molecular complexity index is 962. The van der Waals surface area contributed by atoms with Crippen LogP contribution in [0.3, 0.4) is 0 Å². The van der Waals surface area contributed by atoms with Crippen molar-refractivity contribution in [3.63, 3.8) is 0 Å². The SMILES string of the molecule is C=C(c1cc(OC)c(OC)c(OC)c1)c1ccc2c(c1)cc(CO)n2CC. The third kappa shape index (κ3) is 3.26. The van der Waals surface area contributed by atoms with Crippen LogP contribution in [0.15, 0.2) is 43.0 Å². The molecule has 0 radical (unpaired) electrons. The number of fused-ring (bicyclic) bond motifs is 1. The summed E-state index contributed by atoms with van der Waals surface area (Å²) in [5, 5.41) is 10.7. The number of nitrogens with zero attached hydrogens (tertiary/aromatic N) is 1. The van der Waals surface area contributed by atoms with Crippen molar-refractivity contribution in [1.82, 2.24) is 4.57 Å². The van der Waals surface area contributed by atoms with Crippen molar-refractivity contribution in [1.29, 1.82) is 0 Å². The normalized spacial score (nSPS) is 10.9. The number of methoxy groups -OCH3 is 3. The molecule has 5 heteroatoms. The van der Waals surface area contributed by atoms with E-state index in [9.17, 15) is 5.11 Å². The number of benzene rings is 2. The molecule has 3 aromatic rings. The Morgan fingerprint density at radius 2 is 1.63 bits per heavy atom. The van der Waals surface area contributed by atoms with Gasteiger partial charge in [0, 0.05) is 23.1 Å². The lowest BCUT2D eigenvalue weighted by Crippen LogP contribution is -1.99. The number of aromatic nitrogens is 1. The average Bonchev–Trinajstić information content (AvgIpc) is 3.08. The van der Waals surface area contributed by atoms with E-state index >= 15 is 0 Å². The summed E-state index contributed by atoms with van der Waals surface area (Å²) in [4.78, 5) is 0. The molecule has 0 aliphatic heterocycles. The van der Waals surface area contributed by atoms with Gasteiger partial charge < -0.3 is 23.9 Å². The highest BCUT2D eigenvalue weighted by atomic mass is 16.5. The fraction of sp³-hybridized carbons (Fsp3) is 0.273. The Kier molecular flexibility index (Phi) is 5.42. The third-order valence-corrected chi connectivity index (χ3v) is 4.83. The molecule has 0 saturated carbocycles. The highest BCUT2D eigenvalue weighted by molar-refractivity contribution is 5.89. The molecule has 1 heterocycles. The maximum absolute atomic E-state index is 9.59. The number of aliphatic hydroxyl groups excluding tert-OH is 1. The average molecular weight is 367 g/mol. The number of ether oxygens (including phenoxy) is 3. The molecule has 3 rings (SSSR count). The summed E-state index contributed by atoms with van der Waals surface area (Å²) in [5.41, 5.74) is 4.74. The van der Waals surface area contributed by atoms with Gasteiger partial charge in [0.15, 0.2) is 11.5 Å². The summed E-state index contributed by atoms with van der Waals surface area (Å²) < 4.78 is 18.4. The molecule has 0 unspecified atom stereocenters. The zero-order valence-corrected chi connectivity index (χ0v) is 16.2. The number of hydrogen-bond donors (Lipinski definition) is 1. The number of hydrogen-bond acceptors (Lipinski definition) is 4. The van der Waals surface area contributed by atoms with Gasteiger partial charge in [-0.05, 0) is 54.0 Å². The highest BCUT2D eigenvalue weighted by Crippen LogP contribution is 2.41. The number of rotatable bonds is 7. The minimum Gasteiger partial charge on any atom is -0.493 e. The summed E-state index contributed by atoms with van der Waals surface area (Å²) in [6, 6.07) is 12.0. The molecule has 0 spiro atoms. The van der Waals surface area contributed by atoms with Crippen molar-refractivity contribution < 1.29 is 19.3 Å². The topological polar surface area (TPSA) is 52.9 Å². The molecule has 0 bridgehead atoms. The summed E-state index contributed by atoms with van der Waals surface area (Å²) in [6.45, 7) is 7.17. The van der Waals surface area contributed by atoms with Gasteiger partial charge in [0.25, 0.3) is 0 Å². The van der Waals surface area contributed by atoms with Crippen LogP contribution in [0.1, 0.15) is 23.7 Å². The molecule has 0 fully saturated rings. The molecule has 2 aromatic carbocycles. The summed E-state index contributed by atoms with van der Waals surface area (Å²) in [7, 11) is 4.78. The second kappa shape index (κ2) is 7.76. The van der Waals surface area contributed by atoms with Crippen LogP contribution in [-0.2, 0) is 13.2 Å². The molecule has 0 amide bonds. The van der Waals surface area contributed by atoms with Crippen molar-refractivity contribution in [2.24, 2.45) is 0 Å². The van der Waals surface area contributed by atoms with E-state index in [0.29, 0.717) is 17.2 Å². The summed E-state index contributed by atoms with van der Waals surface area (Å²) in [6.07, 6.45) is 0. The molecule has 1 aromatic heterocycles. The van der Waals surface area contributed by atoms with E-state index < -0.39 is 0 Å². The first-order chi connectivity index (χ1) is 13.1. The Labute approximate surface area is 159 Å². The summed E-state index contributed by atoms with van der Waals surface area (Å²) >= 11 is 0. The maximum Gasteiger partial charge on any atom is 0.203 e. The Morgan fingerprint density at radius 3 is 2.15 bits per heavy atom. The minimum atomic E-state index is 0.0195. The molecule has 0 aliphatic rings. The predicted octanol–water partition coefficient (Wildman–Crippen LogP) is 4.24. The van der Waals surface area contributed by atoms with Crippen molar-refractivity contribution in [2.75, 3.05) is 21.3 Å². The Morgan fingerprint density at radius 1 is 0.963 bits per heavy atom. The lowest BCUT2D eigenvalue weighted by molar-refractivity contribution is 0.272. The largest absolute Gasteiger partial charge is 0.493 e. The first-order valence-electron chi connectivity index (χ1n) is 8.80. The lowest BCUT2D eigenvalue weighted by atomic mass is 9.97. The summed E-state index contributed by atoms with van der Waals surface area (Å²) in [5.74, 6) is 1.74. The molecule has 1 N–H and O–H groups in total. The van der Waals surface area contributed by atoms with Crippen molar-refractivity contribution in [3.05, 3.63) is 59.8 Å². The second-order valence-corrected chi connectivity index (χ2v) is 6.20. The maximum atomic E-state index is 9.59. The van der Waals surface area contributed by atoms with Gasteiger partial charge in [0.1, 0.15) is 0 Å². The van der Waals surface area contributed by atoms with E-state index in [-0.39, 0.29) is 6.61 Å². The van der Waals surface area contributed by atoms with Crippen LogP contribution < -0.4 is 14.2 Å². The molecule has 0 saturated heterocycles. The van der Waals surface area contributed by atoms with Gasteiger partial charge in [0.05, 0.1) is 27.9 Å². The zero-order valence-electron chi connectivity index (χ0n) is 16.2. The van der Waals surface area contributed by atoms with E-state index in [2.05, 4.69) is 30.2 Å². The first-order valence-corrected chi connectivity index (χ1v) is 8.80. The van der Waals surface area contributed by atoms with Crippen LogP contribution in [0.2, 0.25) is 0 Å². The van der Waals surface area contributed by atoms with Gasteiger partial charge in [-0.1, -0.05) is 12.6 Å². The quantitative estimate of drug-likeness (QED) is 0.679. The van der Waals surface area contributed by atoms with E-state index in [1.165, 1.54) is 0 Å². The van der Waals surface area contributed by atoms with Crippen LogP contribution in [-0.4, -0.2) is 31.0 Å². The van der Waals surface area contributed by atoms with Gasteiger partial charge in [-0.2, -0.15) is 0 Å². The van der Waals surface area contributed by atoms with Crippen LogP contribution >= 0.6 is 0 Å². The molecule has 0 atom stereocenters. The van der Waals surface area contributed by atoms with Crippen LogP contribution in [0.4, 0.5) is 0 Å². The molecular weight excluding hydrogens is 342 g/mol. The van der Waals surface area contributed by atoms with Gasteiger partial charge in [-0.25, -0.2) is 0 Å². The van der Waals surface area contributed by atoms with Gasteiger partial charge >= 0.3 is 0 Å². The smallest absolute Gasteiger partial charge is 0.203 e. The predicted molar refractivity (Wildman–Crippen MR) is 108 cm³/mol. The van der Waals surface area contributed by atoms with Gasteiger partial charge in [0.2, 0.25) is 5.75 Å². The Hall–Kier alpha value is -2.92. The van der Waals surface area contributed by atoms with Gasteiger partial charge in [-0.15, -0.1) is 0 Å². The highest BCUT2D eigenvalue weighted by Gasteiger charge is 2.16. The van der Waals surface area contributed by atoms with Crippen molar-refractivity contribution >= 4 is 16.5 Å². The first kappa shape index (κ1) is 18.9. The van der Waals surface area contributed by atoms with Crippen LogP contribution in [0, 0.1) is 0 Å². The molecule has 27 heavy (non-hydrogen) atoms. The fourth-order valence-corrected chi connectivity index (χ4v) is 3.44. The molecule has 5 nitrogen and oxygen atoms in total. The molecule has 0 aliphatic carbocycles. The van der Waals surface area contributed by atoms with E-state index in [0.717, 1.165) is 39.8 Å². The van der Waals surface area contributed by atoms with Crippen molar-refractivity contribution in [3.8, 4) is 17.2 Å². The molecule has 142 valence electrons. The number of aryl methyl sites for hydroxylation is 1. The van der Waals surface area contributed by atoms with Gasteiger partial charge in [-0.3, -0.25) is 0 Å². The monoisotopic (exact) mass is 367 g/mol. The third-order valence-electron chi connectivity index (χ3n) is 4.83. The molecular formula is C22H25NO4. The van der Waals surface area contributed by atoms with E-state index in [1.807, 2.05) is 24.3 Å². The lowest BCUT2D eigenvalue weighted by Gasteiger charge is -2.15. The fourth-order valence-electron chi connectivity index (χ4n) is 3.44. The number of aliphatic hydroxyl groups is 1. The zero-order chi connectivity index (χ0) is 19.6. The Balaban J connectivity index is 2.08. The van der Waals surface area contributed by atoms with E-state index in [4.69, 9.17) is 14.2 Å². The van der Waals surface area contributed by atoms with Crippen molar-refractivity contribution in [2.45, 2.75) is 20.1 Å². The standard InChI is InChI=1S/C22H25NO4/c1-6-23-18(13-24)10-17-9-15(7-8-19(17)23)14(2)16-11-20(25-3)22(27-5)21(12-16)26-4/h7-12,24H,2,6,13H2,1,3-5H3. The minimum absolute atomic E-state index is 0.0195.